The van der Waals surface area contributed by atoms with Crippen molar-refractivity contribution in [3.63, 3.8) is 0 Å². The van der Waals surface area contributed by atoms with E-state index in [0.717, 1.165) is 30.6 Å². The molecule has 1 aliphatic heterocycles. The number of aromatic nitrogens is 2. The second kappa shape index (κ2) is 11.5. The van der Waals surface area contributed by atoms with E-state index in [1.807, 2.05) is 49.4 Å². The Balaban J connectivity index is 1.51. The topological polar surface area (TPSA) is 109 Å². The van der Waals surface area contributed by atoms with E-state index in [-0.39, 0.29) is 11.9 Å². The Morgan fingerprint density at radius 1 is 1.11 bits per heavy atom. The lowest BCUT2D eigenvalue weighted by atomic mass is 10.1. The Morgan fingerprint density at radius 2 is 1.89 bits per heavy atom. The summed E-state index contributed by atoms with van der Waals surface area (Å²) in [4.78, 5) is 25.1. The van der Waals surface area contributed by atoms with E-state index in [1.54, 1.807) is 22.9 Å². The minimum Gasteiger partial charge on any atom is -0.494 e. The van der Waals surface area contributed by atoms with Gasteiger partial charge in [0.25, 0.3) is 0 Å². The fraction of sp³-hybridized carbons (Fsp3) is 0.346. The van der Waals surface area contributed by atoms with Crippen molar-refractivity contribution in [3.05, 3.63) is 60.7 Å². The number of unbranched alkanes of at least 4 members (excludes halogenated alkanes) is 1. The molecule has 9 heteroatoms. The second-order valence-electron chi connectivity index (χ2n) is 8.48. The maximum absolute atomic E-state index is 12.8. The van der Waals surface area contributed by atoms with E-state index in [4.69, 9.17) is 9.84 Å². The monoisotopic (exact) mass is 476 g/mol. The van der Waals surface area contributed by atoms with Gasteiger partial charge in [-0.15, -0.1) is 0 Å². The number of nitrogens with zero attached hydrogens (tertiary/aromatic N) is 2. The number of ether oxygens (including phenoxy) is 1. The SMILES string of the molecule is CCCCOc1ccc(NC(=O)Nc2cc(-c3ccccc3)nn2C2NC(=O)CC(CC)N2)cc1. The van der Waals surface area contributed by atoms with Crippen LogP contribution in [-0.2, 0) is 4.79 Å². The van der Waals surface area contributed by atoms with Crippen LogP contribution in [0.15, 0.2) is 60.7 Å². The van der Waals surface area contributed by atoms with Gasteiger partial charge in [-0.3, -0.25) is 15.4 Å². The fourth-order valence-corrected chi connectivity index (χ4v) is 3.84. The van der Waals surface area contributed by atoms with Gasteiger partial charge in [0.15, 0.2) is 6.29 Å². The molecular weight excluding hydrogens is 444 g/mol. The summed E-state index contributed by atoms with van der Waals surface area (Å²) in [5.74, 6) is 1.16. The Bertz CT molecular complexity index is 1130. The zero-order valence-corrected chi connectivity index (χ0v) is 20.1. The van der Waals surface area contributed by atoms with Gasteiger partial charge in [0.2, 0.25) is 5.91 Å². The highest BCUT2D eigenvalue weighted by atomic mass is 16.5. The molecule has 2 aromatic carbocycles. The molecule has 184 valence electrons. The fourth-order valence-electron chi connectivity index (χ4n) is 3.84. The highest BCUT2D eigenvalue weighted by Gasteiger charge is 2.28. The van der Waals surface area contributed by atoms with Gasteiger partial charge in [0.05, 0.1) is 12.3 Å². The minimum atomic E-state index is -0.575. The number of hydrogen-bond donors (Lipinski definition) is 4. The van der Waals surface area contributed by atoms with E-state index in [1.165, 1.54) is 0 Å². The maximum Gasteiger partial charge on any atom is 0.324 e. The van der Waals surface area contributed by atoms with Gasteiger partial charge in [-0.25, -0.2) is 9.48 Å². The quantitative estimate of drug-likeness (QED) is 0.334. The molecule has 4 N–H and O–H groups in total. The molecule has 0 saturated carbocycles. The molecule has 2 heterocycles. The third-order valence-corrected chi connectivity index (χ3v) is 5.79. The van der Waals surface area contributed by atoms with Gasteiger partial charge in [-0.05, 0) is 37.1 Å². The molecule has 1 aromatic heterocycles. The van der Waals surface area contributed by atoms with Crippen molar-refractivity contribution in [3.8, 4) is 17.0 Å². The van der Waals surface area contributed by atoms with Crippen molar-refractivity contribution in [2.75, 3.05) is 17.2 Å². The number of carbonyl (C=O) groups excluding carboxylic acids is 2. The number of urea groups is 1. The van der Waals surface area contributed by atoms with E-state index in [9.17, 15) is 9.59 Å². The van der Waals surface area contributed by atoms with E-state index >= 15 is 0 Å². The average Bonchev–Trinajstić information content (AvgIpc) is 3.29. The van der Waals surface area contributed by atoms with Crippen LogP contribution >= 0.6 is 0 Å². The summed E-state index contributed by atoms with van der Waals surface area (Å²) < 4.78 is 7.28. The highest BCUT2D eigenvalue weighted by Crippen LogP contribution is 2.25. The van der Waals surface area contributed by atoms with Gasteiger partial charge < -0.3 is 15.4 Å². The van der Waals surface area contributed by atoms with Crippen LogP contribution in [0, 0.1) is 0 Å². The summed E-state index contributed by atoms with van der Waals surface area (Å²) >= 11 is 0. The molecule has 0 spiro atoms. The van der Waals surface area contributed by atoms with E-state index in [2.05, 4.69) is 28.2 Å². The zero-order valence-electron chi connectivity index (χ0n) is 20.1. The van der Waals surface area contributed by atoms with Gasteiger partial charge in [0.1, 0.15) is 11.6 Å². The molecular formula is C26H32N6O3. The highest BCUT2D eigenvalue weighted by molar-refractivity contribution is 5.99. The van der Waals surface area contributed by atoms with Crippen LogP contribution < -0.4 is 26.0 Å². The Morgan fingerprint density at radius 3 is 2.60 bits per heavy atom. The van der Waals surface area contributed by atoms with E-state index in [0.29, 0.717) is 30.2 Å². The van der Waals surface area contributed by atoms with E-state index < -0.39 is 12.3 Å². The first-order chi connectivity index (χ1) is 17.1. The van der Waals surface area contributed by atoms with Gasteiger partial charge in [-0.1, -0.05) is 50.6 Å². The lowest BCUT2D eigenvalue weighted by Crippen LogP contribution is -2.53. The first kappa shape index (κ1) is 24.3. The average molecular weight is 477 g/mol. The van der Waals surface area contributed by atoms with Gasteiger partial charge in [-0.2, -0.15) is 5.10 Å². The number of anilines is 2. The van der Waals surface area contributed by atoms with Crippen molar-refractivity contribution in [1.29, 1.82) is 0 Å². The second-order valence-corrected chi connectivity index (χ2v) is 8.48. The third-order valence-electron chi connectivity index (χ3n) is 5.79. The van der Waals surface area contributed by atoms with Crippen LogP contribution in [0.5, 0.6) is 5.75 Å². The third kappa shape index (κ3) is 6.39. The predicted molar refractivity (Wildman–Crippen MR) is 136 cm³/mol. The summed E-state index contributed by atoms with van der Waals surface area (Å²) in [5, 5.41) is 16.7. The molecule has 0 radical (unpaired) electrons. The molecule has 2 atom stereocenters. The lowest BCUT2D eigenvalue weighted by Gasteiger charge is -2.31. The Kier molecular flexibility index (Phi) is 7.99. The van der Waals surface area contributed by atoms with Crippen LogP contribution in [0.3, 0.4) is 0 Å². The van der Waals surface area contributed by atoms with Crippen LogP contribution in [0.2, 0.25) is 0 Å². The smallest absolute Gasteiger partial charge is 0.324 e. The number of carbonyl (C=O) groups is 2. The summed E-state index contributed by atoms with van der Waals surface area (Å²) in [6, 6.07) is 18.3. The number of hydrogen-bond acceptors (Lipinski definition) is 5. The summed E-state index contributed by atoms with van der Waals surface area (Å²) in [6.07, 6.45) is 2.70. The number of amides is 3. The standard InChI is InChI=1S/C26H32N6O3/c1-3-5-15-35-21-13-11-20(12-14-21)28-26(34)29-23-17-22(18-9-7-6-8-10-18)31-32(23)25-27-19(4-2)16-24(33)30-25/h6-14,17,19,25,27H,3-5,15-16H2,1-2H3,(H,30,33)(H2,28,29,34). The first-order valence-corrected chi connectivity index (χ1v) is 12.1. The molecule has 9 nitrogen and oxygen atoms in total. The minimum absolute atomic E-state index is 0.0258. The van der Waals surface area contributed by atoms with Crippen LogP contribution in [0.4, 0.5) is 16.3 Å². The molecule has 0 bridgehead atoms. The number of rotatable bonds is 9. The molecule has 2 unspecified atom stereocenters. The molecule has 35 heavy (non-hydrogen) atoms. The number of nitrogens with one attached hydrogen (secondary N) is 4. The lowest BCUT2D eigenvalue weighted by molar-refractivity contribution is -0.125. The molecule has 1 saturated heterocycles. The Hall–Kier alpha value is -3.85. The van der Waals surface area contributed by atoms with Crippen molar-refractivity contribution >= 4 is 23.4 Å². The summed E-state index contributed by atoms with van der Waals surface area (Å²) in [5.41, 5.74) is 2.22. The van der Waals surface area contributed by atoms with Crippen molar-refractivity contribution < 1.29 is 14.3 Å². The molecule has 4 rings (SSSR count). The van der Waals surface area contributed by atoms with Crippen LogP contribution in [0.25, 0.3) is 11.3 Å². The summed E-state index contributed by atoms with van der Waals surface area (Å²) in [6.45, 7) is 4.81. The molecule has 1 fully saturated rings. The maximum atomic E-state index is 12.8. The number of benzene rings is 2. The molecule has 3 amide bonds. The van der Waals surface area contributed by atoms with Crippen LogP contribution in [-0.4, -0.2) is 34.4 Å². The first-order valence-electron chi connectivity index (χ1n) is 12.1. The summed E-state index contributed by atoms with van der Waals surface area (Å²) in [7, 11) is 0. The van der Waals surface area contributed by atoms with Crippen molar-refractivity contribution in [2.45, 2.75) is 51.9 Å². The van der Waals surface area contributed by atoms with Crippen molar-refractivity contribution in [1.82, 2.24) is 20.4 Å². The van der Waals surface area contributed by atoms with Crippen molar-refractivity contribution in [2.24, 2.45) is 0 Å². The van der Waals surface area contributed by atoms with Gasteiger partial charge >= 0.3 is 6.03 Å². The van der Waals surface area contributed by atoms with Crippen LogP contribution in [0.1, 0.15) is 45.8 Å². The molecule has 1 aliphatic rings. The molecule has 0 aliphatic carbocycles. The largest absolute Gasteiger partial charge is 0.494 e. The Labute approximate surface area is 205 Å². The predicted octanol–water partition coefficient (Wildman–Crippen LogP) is 4.72. The normalized spacial score (nSPS) is 17.5. The molecule has 3 aromatic rings. The zero-order chi connectivity index (χ0) is 24.6. The van der Waals surface area contributed by atoms with Gasteiger partial charge in [0, 0.05) is 29.8 Å².